The predicted octanol–water partition coefficient (Wildman–Crippen LogP) is 1.64. The van der Waals surface area contributed by atoms with Crippen molar-refractivity contribution in [3.05, 3.63) is 0 Å². The molecule has 0 aromatic rings. The lowest BCUT2D eigenvalue weighted by molar-refractivity contribution is -0.174. The van der Waals surface area contributed by atoms with Crippen molar-refractivity contribution in [3.63, 3.8) is 0 Å². The highest BCUT2D eigenvalue weighted by Gasteiger charge is 2.27. The Labute approximate surface area is 100 Å². The number of ether oxygens (including phenoxy) is 1. The smallest absolute Gasteiger partial charge is 0.371 e. The number of hydrogen-bond donors (Lipinski definition) is 1. The molecule has 0 bridgehead atoms. The van der Waals surface area contributed by atoms with Crippen LogP contribution in [-0.2, 0) is 4.74 Å². The van der Waals surface area contributed by atoms with Gasteiger partial charge in [0, 0.05) is 19.1 Å². The maximum Gasteiger partial charge on any atom is 0.411 e. The zero-order chi connectivity index (χ0) is 12.7. The molecule has 1 aliphatic rings. The van der Waals surface area contributed by atoms with Gasteiger partial charge in [-0.3, -0.25) is 4.90 Å². The predicted molar refractivity (Wildman–Crippen MR) is 60.0 cm³/mol. The van der Waals surface area contributed by atoms with Crippen molar-refractivity contribution in [1.82, 2.24) is 10.2 Å². The highest BCUT2D eigenvalue weighted by atomic mass is 19.4. The SMILES string of the molecule is CCN(CCOCC(F)(F)F)CC1CCCN1. The number of nitrogens with one attached hydrogen (secondary N) is 1. The summed E-state index contributed by atoms with van der Waals surface area (Å²) in [6.45, 7) is 4.35. The fourth-order valence-corrected chi connectivity index (χ4v) is 1.98. The summed E-state index contributed by atoms with van der Waals surface area (Å²) < 4.78 is 40.1. The Balaban J connectivity index is 2.09. The van der Waals surface area contributed by atoms with Gasteiger partial charge in [-0.1, -0.05) is 6.92 Å². The molecule has 0 aromatic heterocycles. The van der Waals surface area contributed by atoms with Gasteiger partial charge in [-0.2, -0.15) is 13.2 Å². The summed E-state index contributed by atoms with van der Waals surface area (Å²) in [6.07, 6.45) is -1.88. The molecule has 1 heterocycles. The lowest BCUT2D eigenvalue weighted by Gasteiger charge is -2.24. The van der Waals surface area contributed by atoms with Crippen LogP contribution in [0.25, 0.3) is 0 Å². The summed E-state index contributed by atoms with van der Waals surface area (Å²) in [7, 11) is 0. The van der Waals surface area contributed by atoms with E-state index in [-0.39, 0.29) is 6.61 Å². The molecule has 0 radical (unpaired) electrons. The summed E-state index contributed by atoms with van der Waals surface area (Å²) in [4.78, 5) is 2.12. The zero-order valence-electron chi connectivity index (χ0n) is 10.2. The first-order valence-electron chi connectivity index (χ1n) is 6.11. The second-order valence-corrected chi connectivity index (χ2v) is 4.35. The van der Waals surface area contributed by atoms with Crippen LogP contribution >= 0.6 is 0 Å². The Bertz CT molecular complexity index is 205. The van der Waals surface area contributed by atoms with Crippen LogP contribution in [0.4, 0.5) is 13.2 Å². The quantitative estimate of drug-likeness (QED) is 0.699. The van der Waals surface area contributed by atoms with Gasteiger partial charge in [0.15, 0.2) is 0 Å². The Morgan fingerprint density at radius 3 is 2.71 bits per heavy atom. The molecular weight excluding hydrogens is 233 g/mol. The highest BCUT2D eigenvalue weighted by Crippen LogP contribution is 2.14. The molecule has 0 aliphatic carbocycles. The molecule has 1 unspecified atom stereocenters. The highest BCUT2D eigenvalue weighted by molar-refractivity contribution is 4.77. The molecule has 0 amide bonds. The maximum absolute atomic E-state index is 11.8. The van der Waals surface area contributed by atoms with Crippen LogP contribution in [-0.4, -0.2) is 56.5 Å². The Morgan fingerprint density at radius 2 is 2.18 bits per heavy atom. The first kappa shape index (κ1) is 14.7. The van der Waals surface area contributed by atoms with Gasteiger partial charge in [0.2, 0.25) is 0 Å². The van der Waals surface area contributed by atoms with Crippen LogP contribution in [0.2, 0.25) is 0 Å². The first-order valence-corrected chi connectivity index (χ1v) is 6.11. The van der Waals surface area contributed by atoms with Crippen molar-refractivity contribution in [2.24, 2.45) is 0 Å². The van der Waals surface area contributed by atoms with Gasteiger partial charge >= 0.3 is 6.18 Å². The van der Waals surface area contributed by atoms with Gasteiger partial charge in [-0.15, -0.1) is 0 Å². The lowest BCUT2D eigenvalue weighted by Crippen LogP contribution is -2.39. The Kier molecular flexibility index (Phi) is 6.22. The van der Waals surface area contributed by atoms with Crippen LogP contribution < -0.4 is 5.32 Å². The molecule has 6 heteroatoms. The van der Waals surface area contributed by atoms with Crippen LogP contribution in [0.3, 0.4) is 0 Å². The van der Waals surface area contributed by atoms with E-state index < -0.39 is 12.8 Å². The lowest BCUT2D eigenvalue weighted by atomic mass is 10.2. The van der Waals surface area contributed by atoms with Crippen molar-refractivity contribution < 1.29 is 17.9 Å². The van der Waals surface area contributed by atoms with Crippen molar-refractivity contribution in [2.45, 2.75) is 32.0 Å². The molecule has 0 spiro atoms. The second-order valence-electron chi connectivity index (χ2n) is 4.35. The number of halogens is 3. The average molecular weight is 254 g/mol. The minimum Gasteiger partial charge on any atom is -0.371 e. The van der Waals surface area contributed by atoms with Gasteiger partial charge in [0.25, 0.3) is 0 Å². The molecule has 1 N–H and O–H groups in total. The van der Waals surface area contributed by atoms with E-state index in [4.69, 9.17) is 0 Å². The number of hydrogen-bond acceptors (Lipinski definition) is 3. The fourth-order valence-electron chi connectivity index (χ4n) is 1.98. The first-order chi connectivity index (χ1) is 8.01. The Morgan fingerprint density at radius 1 is 1.41 bits per heavy atom. The zero-order valence-corrected chi connectivity index (χ0v) is 10.2. The third-order valence-electron chi connectivity index (χ3n) is 2.91. The third kappa shape index (κ3) is 6.85. The largest absolute Gasteiger partial charge is 0.411 e. The van der Waals surface area contributed by atoms with Gasteiger partial charge in [-0.25, -0.2) is 0 Å². The standard InChI is InChI=1S/C11H21F3N2O/c1-2-16(8-10-4-3-5-15-10)6-7-17-9-11(12,13)14/h10,15H,2-9H2,1H3. The normalized spacial score (nSPS) is 21.4. The Hall–Kier alpha value is -0.330. The molecule has 0 aromatic carbocycles. The third-order valence-corrected chi connectivity index (χ3v) is 2.91. The number of rotatable bonds is 7. The van der Waals surface area contributed by atoms with Crippen molar-refractivity contribution in [1.29, 1.82) is 0 Å². The van der Waals surface area contributed by atoms with E-state index in [1.807, 2.05) is 6.92 Å². The molecule has 17 heavy (non-hydrogen) atoms. The van der Waals surface area contributed by atoms with E-state index in [1.165, 1.54) is 6.42 Å². The van der Waals surface area contributed by atoms with Crippen molar-refractivity contribution >= 4 is 0 Å². The van der Waals surface area contributed by atoms with Crippen LogP contribution in [0.1, 0.15) is 19.8 Å². The molecule has 0 saturated carbocycles. The maximum atomic E-state index is 11.8. The molecule has 1 saturated heterocycles. The second kappa shape index (κ2) is 7.18. The monoisotopic (exact) mass is 254 g/mol. The van der Waals surface area contributed by atoms with Gasteiger partial charge < -0.3 is 10.1 Å². The van der Waals surface area contributed by atoms with Gasteiger partial charge in [0.05, 0.1) is 6.61 Å². The van der Waals surface area contributed by atoms with E-state index in [1.54, 1.807) is 0 Å². The van der Waals surface area contributed by atoms with E-state index in [2.05, 4.69) is 15.0 Å². The minimum absolute atomic E-state index is 0.139. The average Bonchev–Trinajstić information content (AvgIpc) is 2.73. The van der Waals surface area contributed by atoms with Gasteiger partial charge in [0.1, 0.15) is 6.61 Å². The molecule has 1 rings (SSSR count). The summed E-state index contributed by atoms with van der Waals surface area (Å²) in [5, 5.41) is 3.37. The van der Waals surface area contributed by atoms with Crippen LogP contribution in [0.5, 0.6) is 0 Å². The molecule has 102 valence electrons. The molecular formula is C11H21F3N2O. The minimum atomic E-state index is -4.22. The van der Waals surface area contributed by atoms with Crippen LogP contribution in [0, 0.1) is 0 Å². The number of likely N-dealkylation sites (N-methyl/N-ethyl adjacent to an activating group) is 1. The van der Waals surface area contributed by atoms with E-state index in [0.717, 1.165) is 26.1 Å². The van der Waals surface area contributed by atoms with Crippen molar-refractivity contribution in [2.75, 3.05) is 39.4 Å². The summed E-state index contributed by atoms with van der Waals surface area (Å²) >= 11 is 0. The van der Waals surface area contributed by atoms with E-state index >= 15 is 0 Å². The van der Waals surface area contributed by atoms with E-state index in [9.17, 15) is 13.2 Å². The summed E-state index contributed by atoms with van der Waals surface area (Å²) in [5.74, 6) is 0. The number of alkyl halides is 3. The summed E-state index contributed by atoms with van der Waals surface area (Å²) in [6, 6.07) is 0.484. The molecule has 1 fully saturated rings. The number of nitrogens with zero attached hydrogens (tertiary/aromatic N) is 1. The van der Waals surface area contributed by atoms with Gasteiger partial charge in [-0.05, 0) is 25.9 Å². The summed E-state index contributed by atoms with van der Waals surface area (Å²) in [5.41, 5.74) is 0. The van der Waals surface area contributed by atoms with Crippen LogP contribution in [0.15, 0.2) is 0 Å². The molecule has 1 aliphatic heterocycles. The fraction of sp³-hybridized carbons (Fsp3) is 1.00. The van der Waals surface area contributed by atoms with E-state index in [0.29, 0.717) is 12.6 Å². The van der Waals surface area contributed by atoms with Crippen molar-refractivity contribution in [3.8, 4) is 0 Å². The molecule has 3 nitrogen and oxygen atoms in total. The molecule has 1 atom stereocenters. The topological polar surface area (TPSA) is 24.5 Å².